The first kappa shape index (κ1) is 15.1. The van der Waals surface area contributed by atoms with Crippen LogP contribution in [0.3, 0.4) is 0 Å². The molecule has 0 spiro atoms. The van der Waals surface area contributed by atoms with Crippen molar-refractivity contribution in [1.29, 1.82) is 0 Å². The van der Waals surface area contributed by atoms with E-state index in [0.29, 0.717) is 24.3 Å². The Morgan fingerprint density at radius 3 is 2.43 bits per heavy atom. The molecule has 3 heteroatoms. The van der Waals surface area contributed by atoms with Crippen LogP contribution in [0.25, 0.3) is 0 Å². The van der Waals surface area contributed by atoms with Gasteiger partial charge in [0.2, 0.25) is 0 Å². The van der Waals surface area contributed by atoms with Gasteiger partial charge < -0.3 is 9.47 Å². The summed E-state index contributed by atoms with van der Waals surface area (Å²) in [5.41, 5.74) is 1.84. The molecule has 0 atom stereocenters. The Morgan fingerprint density at radius 1 is 1.05 bits per heavy atom. The topological polar surface area (TPSA) is 35.5 Å². The number of hydrogen-bond acceptors (Lipinski definition) is 3. The zero-order valence-corrected chi connectivity index (χ0v) is 12.5. The van der Waals surface area contributed by atoms with E-state index in [1.165, 1.54) is 5.56 Å². The molecular formula is C18H20O3. The molecular weight excluding hydrogens is 264 g/mol. The summed E-state index contributed by atoms with van der Waals surface area (Å²) in [4.78, 5) is 11.8. The van der Waals surface area contributed by atoms with Gasteiger partial charge in [0, 0.05) is 12.8 Å². The minimum atomic E-state index is 0.107. The van der Waals surface area contributed by atoms with Gasteiger partial charge in [-0.15, -0.1) is 0 Å². The molecule has 0 radical (unpaired) electrons. The maximum Gasteiger partial charge on any atom is 0.166 e. The zero-order chi connectivity index (χ0) is 15.1. The largest absolute Gasteiger partial charge is 0.497 e. The minimum absolute atomic E-state index is 0.107. The maximum atomic E-state index is 11.8. The lowest BCUT2D eigenvalue weighted by Gasteiger charge is -2.10. The van der Waals surface area contributed by atoms with Crippen molar-refractivity contribution in [2.24, 2.45) is 0 Å². The molecule has 0 saturated heterocycles. The van der Waals surface area contributed by atoms with Crippen molar-refractivity contribution in [3.63, 3.8) is 0 Å². The second-order valence-corrected chi connectivity index (χ2v) is 4.72. The van der Waals surface area contributed by atoms with Crippen LogP contribution in [0, 0.1) is 0 Å². The number of rotatable bonds is 7. The molecule has 2 aromatic carbocycles. The lowest BCUT2D eigenvalue weighted by atomic mass is 10.1. The van der Waals surface area contributed by atoms with E-state index in [-0.39, 0.29) is 5.78 Å². The number of benzene rings is 2. The number of ketones is 1. The van der Waals surface area contributed by atoms with E-state index in [0.717, 1.165) is 12.2 Å². The number of ether oxygens (including phenoxy) is 2. The van der Waals surface area contributed by atoms with Crippen LogP contribution in [0.5, 0.6) is 11.5 Å². The Kier molecular flexibility index (Phi) is 5.38. The average molecular weight is 284 g/mol. The molecule has 0 fully saturated rings. The molecule has 0 aliphatic carbocycles. The number of carbonyl (C=O) groups is 1. The van der Waals surface area contributed by atoms with Crippen LogP contribution in [0.15, 0.2) is 48.5 Å². The van der Waals surface area contributed by atoms with Crippen molar-refractivity contribution in [1.82, 2.24) is 0 Å². The Balaban J connectivity index is 1.95. The van der Waals surface area contributed by atoms with E-state index in [1.807, 2.05) is 55.5 Å². The predicted molar refractivity (Wildman–Crippen MR) is 83.3 cm³/mol. The van der Waals surface area contributed by atoms with Crippen LogP contribution in [0.1, 0.15) is 29.3 Å². The number of hydrogen-bond donors (Lipinski definition) is 0. The summed E-state index contributed by atoms with van der Waals surface area (Å²) in [5.74, 6) is 1.62. The third-order valence-corrected chi connectivity index (χ3v) is 3.32. The Bertz CT molecular complexity index is 588. The van der Waals surface area contributed by atoms with Crippen molar-refractivity contribution in [3.05, 3.63) is 59.7 Å². The average Bonchev–Trinajstić information content (AvgIpc) is 2.55. The molecule has 2 aromatic rings. The smallest absolute Gasteiger partial charge is 0.166 e. The van der Waals surface area contributed by atoms with Crippen molar-refractivity contribution in [2.75, 3.05) is 13.7 Å². The maximum absolute atomic E-state index is 11.8. The van der Waals surface area contributed by atoms with Crippen LogP contribution in [-0.4, -0.2) is 19.5 Å². The molecule has 0 unspecified atom stereocenters. The molecule has 0 aliphatic heterocycles. The van der Waals surface area contributed by atoms with E-state index in [4.69, 9.17) is 9.47 Å². The highest BCUT2D eigenvalue weighted by molar-refractivity contribution is 5.98. The van der Waals surface area contributed by atoms with Crippen molar-refractivity contribution < 1.29 is 14.3 Å². The lowest BCUT2D eigenvalue weighted by molar-refractivity contribution is 0.0984. The third kappa shape index (κ3) is 4.09. The first-order valence-corrected chi connectivity index (χ1v) is 7.12. The van der Waals surface area contributed by atoms with Gasteiger partial charge in [-0.3, -0.25) is 4.79 Å². The number of methoxy groups -OCH3 is 1. The van der Waals surface area contributed by atoms with Crippen LogP contribution >= 0.6 is 0 Å². The van der Waals surface area contributed by atoms with E-state index in [2.05, 4.69) is 0 Å². The van der Waals surface area contributed by atoms with Gasteiger partial charge in [-0.25, -0.2) is 0 Å². The summed E-state index contributed by atoms with van der Waals surface area (Å²) >= 11 is 0. The van der Waals surface area contributed by atoms with E-state index >= 15 is 0 Å². The Morgan fingerprint density at radius 2 is 1.76 bits per heavy atom. The minimum Gasteiger partial charge on any atom is -0.497 e. The van der Waals surface area contributed by atoms with Crippen LogP contribution in [-0.2, 0) is 6.42 Å². The summed E-state index contributed by atoms with van der Waals surface area (Å²) in [6.45, 7) is 2.40. The van der Waals surface area contributed by atoms with Gasteiger partial charge in [0.1, 0.15) is 11.5 Å². The quantitative estimate of drug-likeness (QED) is 0.723. The van der Waals surface area contributed by atoms with Gasteiger partial charge in [0.05, 0.1) is 19.3 Å². The second-order valence-electron chi connectivity index (χ2n) is 4.72. The zero-order valence-electron chi connectivity index (χ0n) is 12.5. The van der Waals surface area contributed by atoms with Gasteiger partial charge in [-0.2, -0.15) is 0 Å². The molecule has 0 aromatic heterocycles. The molecule has 21 heavy (non-hydrogen) atoms. The van der Waals surface area contributed by atoms with Crippen molar-refractivity contribution >= 4 is 5.78 Å². The molecule has 110 valence electrons. The summed E-state index contributed by atoms with van der Waals surface area (Å²) in [6, 6.07) is 15.3. The van der Waals surface area contributed by atoms with Crippen molar-refractivity contribution in [3.8, 4) is 11.5 Å². The molecule has 0 amide bonds. The molecule has 3 nitrogen and oxygen atoms in total. The fraction of sp³-hybridized carbons (Fsp3) is 0.278. The molecule has 2 rings (SSSR count). The van der Waals surface area contributed by atoms with Crippen molar-refractivity contribution in [2.45, 2.75) is 19.8 Å². The molecule has 0 heterocycles. The predicted octanol–water partition coefficient (Wildman–Crippen LogP) is 3.91. The highest BCUT2D eigenvalue weighted by Crippen LogP contribution is 2.20. The standard InChI is InChI=1S/C18H20O3/c1-3-17(19)16-6-4-5-7-18(16)21-13-12-14-8-10-15(20-2)11-9-14/h4-11H,3,12-13H2,1-2H3. The highest BCUT2D eigenvalue weighted by atomic mass is 16.5. The number of para-hydroxylation sites is 1. The van der Waals surface area contributed by atoms with Crippen LogP contribution < -0.4 is 9.47 Å². The van der Waals surface area contributed by atoms with Gasteiger partial charge in [-0.1, -0.05) is 31.2 Å². The molecule has 0 aliphatic rings. The number of carbonyl (C=O) groups excluding carboxylic acids is 1. The van der Waals surface area contributed by atoms with Crippen LogP contribution in [0.4, 0.5) is 0 Å². The molecule has 0 N–H and O–H groups in total. The molecule has 0 saturated carbocycles. The van der Waals surface area contributed by atoms with E-state index < -0.39 is 0 Å². The first-order valence-electron chi connectivity index (χ1n) is 7.12. The summed E-state index contributed by atoms with van der Waals surface area (Å²) < 4.78 is 10.9. The summed E-state index contributed by atoms with van der Waals surface area (Å²) in [6.07, 6.45) is 1.28. The van der Waals surface area contributed by atoms with E-state index in [1.54, 1.807) is 7.11 Å². The number of Topliss-reactive ketones (excluding diaryl/α,β-unsaturated/α-hetero) is 1. The second kappa shape index (κ2) is 7.48. The van der Waals surface area contributed by atoms with Gasteiger partial charge in [0.15, 0.2) is 5.78 Å². The summed E-state index contributed by atoms with van der Waals surface area (Å²) in [5, 5.41) is 0. The highest BCUT2D eigenvalue weighted by Gasteiger charge is 2.09. The van der Waals surface area contributed by atoms with Gasteiger partial charge in [0.25, 0.3) is 0 Å². The fourth-order valence-electron chi connectivity index (χ4n) is 2.08. The lowest BCUT2D eigenvalue weighted by Crippen LogP contribution is -2.06. The SMILES string of the molecule is CCC(=O)c1ccccc1OCCc1ccc(OC)cc1. The Hall–Kier alpha value is -2.29. The van der Waals surface area contributed by atoms with E-state index in [9.17, 15) is 4.79 Å². The first-order chi connectivity index (χ1) is 10.2. The Labute approximate surface area is 125 Å². The van der Waals surface area contributed by atoms with Gasteiger partial charge in [-0.05, 0) is 29.8 Å². The third-order valence-electron chi connectivity index (χ3n) is 3.32. The molecule has 0 bridgehead atoms. The monoisotopic (exact) mass is 284 g/mol. The summed E-state index contributed by atoms with van der Waals surface area (Å²) in [7, 11) is 1.65. The van der Waals surface area contributed by atoms with Gasteiger partial charge >= 0.3 is 0 Å². The normalized spacial score (nSPS) is 10.2. The van der Waals surface area contributed by atoms with Crippen LogP contribution in [0.2, 0.25) is 0 Å². The fourth-order valence-corrected chi connectivity index (χ4v) is 2.08.